The molecular weight excluding hydrogens is 360 g/mol. The molecule has 2 amide bonds. The molecular formula is C18H20N8O2. The van der Waals surface area contributed by atoms with Crippen LogP contribution in [0.1, 0.15) is 23.2 Å². The van der Waals surface area contributed by atoms with Crippen molar-refractivity contribution < 1.29 is 9.59 Å². The number of nitrogens with one attached hydrogen (secondary N) is 1. The summed E-state index contributed by atoms with van der Waals surface area (Å²) in [6, 6.07) is 3.53. The minimum atomic E-state index is -0.274. The fraction of sp³-hybridized carbons (Fsp3) is 0.333. The van der Waals surface area contributed by atoms with Crippen molar-refractivity contribution in [1.29, 1.82) is 0 Å². The van der Waals surface area contributed by atoms with Crippen LogP contribution in [0.25, 0.3) is 11.3 Å². The Bertz CT molecular complexity index is 1000. The number of anilines is 1. The first-order valence-electron chi connectivity index (χ1n) is 9.03. The molecule has 1 aliphatic heterocycles. The highest BCUT2D eigenvalue weighted by Gasteiger charge is 2.23. The van der Waals surface area contributed by atoms with Crippen molar-refractivity contribution in [1.82, 2.24) is 34.7 Å². The second kappa shape index (κ2) is 7.59. The fourth-order valence-electron chi connectivity index (χ4n) is 3.20. The van der Waals surface area contributed by atoms with Crippen molar-refractivity contribution >= 4 is 17.6 Å². The van der Waals surface area contributed by atoms with Crippen LogP contribution in [0.2, 0.25) is 0 Å². The minimum absolute atomic E-state index is 0.0127. The second-order valence-corrected chi connectivity index (χ2v) is 6.59. The standard InChI is InChI=1S/C18H20N8O2/c1-24-20-10-15(23-24)22-16(27)12-26-11-13(9-21-26)17-14(5-4-6-19-17)18(28)25-7-2-3-8-25/h4-6,9-11H,2-3,7-8,12H2,1H3,(H,22,23,27). The summed E-state index contributed by atoms with van der Waals surface area (Å²) in [5, 5.41) is 14.8. The number of carbonyl (C=O) groups is 2. The van der Waals surface area contributed by atoms with Crippen LogP contribution in [-0.2, 0) is 18.4 Å². The Morgan fingerprint density at radius 1 is 1.18 bits per heavy atom. The zero-order valence-electron chi connectivity index (χ0n) is 15.4. The Balaban J connectivity index is 1.50. The van der Waals surface area contributed by atoms with Gasteiger partial charge in [0, 0.05) is 38.1 Å². The van der Waals surface area contributed by atoms with Gasteiger partial charge < -0.3 is 10.2 Å². The topological polar surface area (TPSA) is 111 Å². The second-order valence-electron chi connectivity index (χ2n) is 6.59. The SMILES string of the molecule is Cn1ncc(NC(=O)Cn2cc(-c3ncccc3C(=O)N3CCCC3)cn2)n1. The van der Waals surface area contributed by atoms with Crippen molar-refractivity contribution in [2.24, 2.45) is 7.05 Å². The van der Waals surface area contributed by atoms with Crippen LogP contribution < -0.4 is 5.32 Å². The molecule has 10 heteroatoms. The van der Waals surface area contributed by atoms with Crippen LogP contribution >= 0.6 is 0 Å². The van der Waals surface area contributed by atoms with E-state index in [-0.39, 0.29) is 18.4 Å². The maximum Gasteiger partial charge on any atom is 0.256 e. The van der Waals surface area contributed by atoms with Crippen LogP contribution in [0.5, 0.6) is 0 Å². The van der Waals surface area contributed by atoms with Gasteiger partial charge >= 0.3 is 0 Å². The molecule has 0 atom stereocenters. The third-order valence-corrected chi connectivity index (χ3v) is 4.51. The van der Waals surface area contributed by atoms with Gasteiger partial charge in [-0.15, -0.1) is 5.10 Å². The first kappa shape index (κ1) is 17.8. The summed E-state index contributed by atoms with van der Waals surface area (Å²) in [7, 11) is 1.67. The number of hydrogen-bond donors (Lipinski definition) is 1. The number of aromatic nitrogens is 6. The van der Waals surface area contributed by atoms with Crippen molar-refractivity contribution in [3.63, 3.8) is 0 Å². The normalized spacial score (nSPS) is 13.7. The maximum atomic E-state index is 12.8. The van der Waals surface area contributed by atoms with E-state index in [4.69, 9.17) is 0 Å². The third-order valence-electron chi connectivity index (χ3n) is 4.51. The number of pyridine rings is 1. The van der Waals surface area contributed by atoms with E-state index in [2.05, 4.69) is 25.6 Å². The molecule has 0 unspecified atom stereocenters. The van der Waals surface area contributed by atoms with Gasteiger partial charge in [0.1, 0.15) is 6.54 Å². The van der Waals surface area contributed by atoms with E-state index < -0.39 is 0 Å². The zero-order chi connectivity index (χ0) is 19.5. The lowest BCUT2D eigenvalue weighted by Gasteiger charge is -2.16. The van der Waals surface area contributed by atoms with E-state index in [9.17, 15) is 9.59 Å². The summed E-state index contributed by atoms with van der Waals surface area (Å²) in [5.41, 5.74) is 1.81. The van der Waals surface area contributed by atoms with Crippen molar-refractivity contribution in [3.8, 4) is 11.3 Å². The van der Waals surface area contributed by atoms with Gasteiger partial charge in [-0.1, -0.05) is 0 Å². The van der Waals surface area contributed by atoms with Crippen LogP contribution in [0.4, 0.5) is 5.82 Å². The monoisotopic (exact) mass is 380 g/mol. The molecule has 1 aliphatic rings. The zero-order valence-corrected chi connectivity index (χ0v) is 15.4. The van der Waals surface area contributed by atoms with Gasteiger partial charge in [-0.05, 0) is 25.0 Å². The fourth-order valence-corrected chi connectivity index (χ4v) is 3.20. The van der Waals surface area contributed by atoms with E-state index in [1.54, 1.807) is 37.8 Å². The van der Waals surface area contributed by atoms with Crippen LogP contribution in [0.3, 0.4) is 0 Å². The highest BCUT2D eigenvalue weighted by atomic mass is 16.2. The van der Waals surface area contributed by atoms with Gasteiger partial charge in [0.25, 0.3) is 5.91 Å². The summed E-state index contributed by atoms with van der Waals surface area (Å²) < 4.78 is 1.50. The van der Waals surface area contributed by atoms with Gasteiger partial charge in [-0.2, -0.15) is 15.0 Å². The molecule has 1 saturated heterocycles. The van der Waals surface area contributed by atoms with Gasteiger partial charge in [0.15, 0.2) is 5.82 Å². The minimum Gasteiger partial charge on any atom is -0.339 e. The maximum absolute atomic E-state index is 12.8. The molecule has 4 rings (SSSR count). The molecule has 1 N–H and O–H groups in total. The smallest absolute Gasteiger partial charge is 0.256 e. The molecule has 28 heavy (non-hydrogen) atoms. The Morgan fingerprint density at radius 2 is 2.00 bits per heavy atom. The largest absolute Gasteiger partial charge is 0.339 e. The molecule has 3 aromatic heterocycles. The van der Waals surface area contributed by atoms with E-state index in [1.165, 1.54) is 15.7 Å². The van der Waals surface area contributed by atoms with Crippen LogP contribution in [-0.4, -0.2) is 59.6 Å². The number of likely N-dealkylation sites (tertiary alicyclic amines) is 1. The summed E-state index contributed by atoms with van der Waals surface area (Å²) in [5.74, 6) is 0.0846. The Kier molecular flexibility index (Phi) is 4.83. The third kappa shape index (κ3) is 3.75. The summed E-state index contributed by atoms with van der Waals surface area (Å²) >= 11 is 0. The number of hydrogen-bond acceptors (Lipinski definition) is 6. The number of amides is 2. The van der Waals surface area contributed by atoms with Crippen molar-refractivity contribution in [3.05, 3.63) is 42.5 Å². The first-order chi connectivity index (χ1) is 13.6. The quantitative estimate of drug-likeness (QED) is 0.705. The predicted molar refractivity (Wildman–Crippen MR) is 100 cm³/mol. The number of nitrogens with zero attached hydrogens (tertiary/aromatic N) is 7. The van der Waals surface area contributed by atoms with Crippen LogP contribution in [0, 0.1) is 0 Å². The number of aryl methyl sites for hydroxylation is 1. The summed E-state index contributed by atoms with van der Waals surface area (Å²) in [6.45, 7) is 1.56. The van der Waals surface area contributed by atoms with E-state index >= 15 is 0 Å². The Hall–Kier alpha value is -3.56. The van der Waals surface area contributed by atoms with Gasteiger partial charge in [0.2, 0.25) is 5.91 Å². The number of rotatable bonds is 5. The van der Waals surface area contributed by atoms with E-state index in [0.29, 0.717) is 22.6 Å². The highest BCUT2D eigenvalue weighted by molar-refractivity contribution is 6.00. The molecule has 1 fully saturated rings. The lowest BCUT2D eigenvalue weighted by atomic mass is 10.1. The van der Waals surface area contributed by atoms with Gasteiger partial charge in [0.05, 0.1) is 23.7 Å². The molecule has 0 aliphatic carbocycles. The first-order valence-corrected chi connectivity index (χ1v) is 9.03. The molecule has 3 aromatic rings. The van der Waals surface area contributed by atoms with Crippen LogP contribution in [0.15, 0.2) is 36.9 Å². The molecule has 0 aromatic carbocycles. The lowest BCUT2D eigenvalue weighted by molar-refractivity contribution is -0.116. The summed E-state index contributed by atoms with van der Waals surface area (Å²) in [6.07, 6.45) is 8.49. The highest BCUT2D eigenvalue weighted by Crippen LogP contribution is 2.23. The average molecular weight is 380 g/mol. The Labute approximate surface area is 161 Å². The molecule has 0 spiro atoms. The number of carbonyl (C=O) groups excluding carboxylic acids is 2. The molecule has 0 saturated carbocycles. The predicted octanol–water partition coefficient (Wildman–Crippen LogP) is 0.948. The lowest BCUT2D eigenvalue weighted by Crippen LogP contribution is -2.28. The van der Waals surface area contributed by atoms with E-state index in [0.717, 1.165) is 25.9 Å². The molecule has 10 nitrogen and oxygen atoms in total. The molecule has 4 heterocycles. The summed E-state index contributed by atoms with van der Waals surface area (Å²) in [4.78, 5) is 32.6. The van der Waals surface area contributed by atoms with Gasteiger partial charge in [-0.25, -0.2) is 0 Å². The van der Waals surface area contributed by atoms with Crippen molar-refractivity contribution in [2.45, 2.75) is 19.4 Å². The van der Waals surface area contributed by atoms with Gasteiger partial charge in [-0.3, -0.25) is 19.3 Å². The molecule has 0 bridgehead atoms. The Morgan fingerprint density at radius 3 is 2.75 bits per heavy atom. The van der Waals surface area contributed by atoms with Crippen molar-refractivity contribution in [2.75, 3.05) is 18.4 Å². The molecule has 0 radical (unpaired) electrons. The molecule has 144 valence electrons. The average Bonchev–Trinajstić information content (AvgIpc) is 3.44. The van der Waals surface area contributed by atoms with E-state index in [1.807, 2.05) is 4.90 Å².